The fourth-order valence-corrected chi connectivity index (χ4v) is 1.57. The molecule has 1 aliphatic rings. The lowest BCUT2D eigenvalue weighted by atomic mass is 10.0. The fraction of sp³-hybridized carbons (Fsp3) is 1.00. The van der Waals surface area contributed by atoms with Crippen LogP contribution in [0.5, 0.6) is 0 Å². The van der Waals surface area contributed by atoms with E-state index in [0.717, 1.165) is 5.92 Å². The second-order valence-corrected chi connectivity index (χ2v) is 3.92. The van der Waals surface area contributed by atoms with Crippen LogP contribution >= 0.6 is 0 Å². The molecule has 1 saturated heterocycles. The Kier molecular flexibility index (Phi) is 3.34. The maximum absolute atomic E-state index is 3.57. The van der Waals surface area contributed by atoms with Gasteiger partial charge in [-0.15, -0.1) is 0 Å². The van der Waals surface area contributed by atoms with Gasteiger partial charge in [-0.05, 0) is 32.5 Å². The smallest absolute Gasteiger partial charge is 0.0217 e. The molecule has 1 aliphatic heterocycles. The van der Waals surface area contributed by atoms with Crippen LogP contribution in [0.1, 0.15) is 20.3 Å². The third-order valence-electron chi connectivity index (χ3n) is 2.44. The van der Waals surface area contributed by atoms with Crippen molar-refractivity contribution in [2.24, 2.45) is 5.92 Å². The maximum atomic E-state index is 3.57. The Morgan fingerprint density at radius 3 is 2.82 bits per heavy atom. The van der Waals surface area contributed by atoms with Crippen LogP contribution in [0.15, 0.2) is 0 Å². The van der Waals surface area contributed by atoms with E-state index in [9.17, 15) is 0 Å². The second-order valence-electron chi connectivity index (χ2n) is 3.92. The van der Waals surface area contributed by atoms with Crippen molar-refractivity contribution in [2.45, 2.75) is 26.3 Å². The molecule has 2 heteroatoms. The Morgan fingerprint density at radius 1 is 1.45 bits per heavy atom. The van der Waals surface area contributed by atoms with Gasteiger partial charge >= 0.3 is 0 Å². The van der Waals surface area contributed by atoms with E-state index in [2.05, 4.69) is 31.1 Å². The normalized spacial score (nSPS) is 28.9. The molecule has 0 amide bonds. The Bertz CT molecular complexity index is 112. The molecule has 2 nitrogen and oxygen atoms in total. The highest BCUT2D eigenvalue weighted by atomic mass is 15.1. The van der Waals surface area contributed by atoms with Crippen LogP contribution in [0.4, 0.5) is 0 Å². The molecule has 66 valence electrons. The summed E-state index contributed by atoms with van der Waals surface area (Å²) in [4.78, 5) is 2.42. The van der Waals surface area contributed by atoms with E-state index >= 15 is 0 Å². The molecule has 1 fully saturated rings. The van der Waals surface area contributed by atoms with E-state index < -0.39 is 0 Å². The van der Waals surface area contributed by atoms with Gasteiger partial charge in [-0.25, -0.2) is 0 Å². The molecule has 0 aromatic carbocycles. The molecule has 11 heavy (non-hydrogen) atoms. The van der Waals surface area contributed by atoms with Crippen molar-refractivity contribution in [2.75, 3.05) is 26.7 Å². The summed E-state index contributed by atoms with van der Waals surface area (Å²) in [6, 6.07) is 0.697. The van der Waals surface area contributed by atoms with Gasteiger partial charge in [-0.2, -0.15) is 0 Å². The van der Waals surface area contributed by atoms with Crippen LogP contribution < -0.4 is 5.32 Å². The van der Waals surface area contributed by atoms with Crippen molar-refractivity contribution in [3.8, 4) is 0 Å². The highest BCUT2D eigenvalue weighted by molar-refractivity contribution is 4.76. The number of hydrogen-bond acceptors (Lipinski definition) is 2. The zero-order valence-corrected chi connectivity index (χ0v) is 7.93. The van der Waals surface area contributed by atoms with Crippen molar-refractivity contribution in [3.05, 3.63) is 0 Å². The first kappa shape index (κ1) is 9.01. The van der Waals surface area contributed by atoms with E-state index in [1.807, 2.05) is 0 Å². The molecule has 0 aliphatic carbocycles. The van der Waals surface area contributed by atoms with E-state index in [4.69, 9.17) is 0 Å². The molecule has 0 bridgehead atoms. The predicted octanol–water partition coefficient (Wildman–Crippen LogP) is 0.936. The van der Waals surface area contributed by atoms with Gasteiger partial charge in [0.15, 0.2) is 0 Å². The average molecular weight is 156 g/mol. The summed E-state index contributed by atoms with van der Waals surface area (Å²) < 4.78 is 0. The standard InChI is InChI=1S/C9H20N2/c1-8(2)9-7-11(3)6-4-5-10-9/h8-10H,4-7H2,1-3H3. The first-order chi connectivity index (χ1) is 5.20. The lowest BCUT2D eigenvalue weighted by Gasteiger charge is -2.23. The number of hydrogen-bond donors (Lipinski definition) is 1. The molecule has 0 aromatic rings. The van der Waals surface area contributed by atoms with Gasteiger partial charge in [-0.3, -0.25) is 0 Å². The van der Waals surface area contributed by atoms with Crippen molar-refractivity contribution in [1.29, 1.82) is 0 Å². The van der Waals surface area contributed by atoms with E-state index in [1.54, 1.807) is 0 Å². The summed E-state index contributed by atoms with van der Waals surface area (Å²) >= 11 is 0. The Balaban J connectivity index is 2.39. The summed E-state index contributed by atoms with van der Waals surface area (Å²) in [5.74, 6) is 0.760. The topological polar surface area (TPSA) is 15.3 Å². The average Bonchev–Trinajstić information content (AvgIpc) is 2.13. The molecule has 1 N–H and O–H groups in total. The summed E-state index contributed by atoms with van der Waals surface area (Å²) in [5, 5.41) is 3.57. The summed E-state index contributed by atoms with van der Waals surface area (Å²) in [7, 11) is 2.21. The number of nitrogens with zero attached hydrogens (tertiary/aromatic N) is 1. The predicted molar refractivity (Wildman–Crippen MR) is 48.7 cm³/mol. The second kappa shape index (κ2) is 4.07. The molecule has 0 spiro atoms. The van der Waals surface area contributed by atoms with Gasteiger partial charge in [0, 0.05) is 12.6 Å². The lowest BCUT2D eigenvalue weighted by Crippen LogP contribution is -2.39. The van der Waals surface area contributed by atoms with Crippen LogP contribution in [-0.2, 0) is 0 Å². The minimum Gasteiger partial charge on any atom is -0.312 e. The van der Waals surface area contributed by atoms with E-state index in [-0.39, 0.29) is 0 Å². The molecular formula is C9H20N2. The van der Waals surface area contributed by atoms with E-state index in [1.165, 1.54) is 26.1 Å². The summed E-state index contributed by atoms with van der Waals surface area (Å²) in [5.41, 5.74) is 0. The minimum absolute atomic E-state index is 0.697. The Morgan fingerprint density at radius 2 is 2.18 bits per heavy atom. The largest absolute Gasteiger partial charge is 0.312 e. The van der Waals surface area contributed by atoms with Gasteiger partial charge in [-0.1, -0.05) is 13.8 Å². The quantitative estimate of drug-likeness (QED) is 0.608. The van der Waals surface area contributed by atoms with Crippen molar-refractivity contribution < 1.29 is 0 Å². The molecule has 1 rings (SSSR count). The molecule has 0 radical (unpaired) electrons. The zero-order valence-electron chi connectivity index (χ0n) is 7.93. The minimum atomic E-state index is 0.697. The van der Waals surface area contributed by atoms with Crippen LogP contribution in [0.25, 0.3) is 0 Å². The lowest BCUT2D eigenvalue weighted by molar-refractivity contribution is 0.290. The maximum Gasteiger partial charge on any atom is 0.0217 e. The molecule has 0 aromatic heterocycles. The Hall–Kier alpha value is -0.0800. The number of nitrogens with one attached hydrogen (secondary N) is 1. The van der Waals surface area contributed by atoms with Crippen LogP contribution in [0.2, 0.25) is 0 Å². The van der Waals surface area contributed by atoms with Crippen LogP contribution in [0.3, 0.4) is 0 Å². The molecule has 1 atom stereocenters. The summed E-state index contributed by atoms with van der Waals surface area (Å²) in [6.45, 7) is 8.22. The summed E-state index contributed by atoms with van der Waals surface area (Å²) in [6.07, 6.45) is 1.29. The molecule has 1 unspecified atom stereocenters. The van der Waals surface area contributed by atoms with Gasteiger partial charge in [0.05, 0.1) is 0 Å². The van der Waals surface area contributed by atoms with Gasteiger partial charge in [0.25, 0.3) is 0 Å². The monoisotopic (exact) mass is 156 g/mol. The molecule has 1 heterocycles. The zero-order chi connectivity index (χ0) is 8.27. The third kappa shape index (κ3) is 2.80. The first-order valence-corrected chi connectivity index (χ1v) is 4.62. The van der Waals surface area contributed by atoms with Gasteiger partial charge < -0.3 is 10.2 Å². The number of likely N-dealkylation sites (N-methyl/N-ethyl adjacent to an activating group) is 1. The Labute approximate surface area is 70.0 Å². The molecule has 0 saturated carbocycles. The fourth-order valence-electron chi connectivity index (χ4n) is 1.57. The first-order valence-electron chi connectivity index (χ1n) is 4.62. The van der Waals surface area contributed by atoms with Crippen LogP contribution in [-0.4, -0.2) is 37.6 Å². The van der Waals surface area contributed by atoms with E-state index in [0.29, 0.717) is 6.04 Å². The van der Waals surface area contributed by atoms with Crippen molar-refractivity contribution in [1.82, 2.24) is 10.2 Å². The highest BCUT2D eigenvalue weighted by Crippen LogP contribution is 2.06. The van der Waals surface area contributed by atoms with Gasteiger partial charge in [0.2, 0.25) is 0 Å². The third-order valence-corrected chi connectivity index (χ3v) is 2.44. The van der Waals surface area contributed by atoms with Crippen molar-refractivity contribution >= 4 is 0 Å². The number of rotatable bonds is 1. The van der Waals surface area contributed by atoms with Gasteiger partial charge in [0.1, 0.15) is 0 Å². The van der Waals surface area contributed by atoms with Crippen LogP contribution in [0, 0.1) is 5.92 Å². The van der Waals surface area contributed by atoms with Crippen molar-refractivity contribution in [3.63, 3.8) is 0 Å². The molecular weight excluding hydrogens is 136 g/mol. The SMILES string of the molecule is CC(C)C1CN(C)CCCN1. The highest BCUT2D eigenvalue weighted by Gasteiger charge is 2.17.